The number of aromatic nitrogens is 2. The number of aromatic amines is 1. The molecule has 0 saturated heterocycles. The van der Waals surface area contributed by atoms with E-state index in [9.17, 15) is 5.11 Å². The van der Waals surface area contributed by atoms with Crippen molar-refractivity contribution in [1.29, 1.82) is 0 Å². The largest absolute Gasteiger partial charge is 0.506 e. The van der Waals surface area contributed by atoms with E-state index in [1.807, 2.05) is 36.4 Å². The number of para-hydroxylation sites is 1. The molecule has 0 saturated carbocycles. The van der Waals surface area contributed by atoms with E-state index in [4.69, 9.17) is 0 Å². The van der Waals surface area contributed by atoms with Gasteiger partial charge in [-0.05, 0) is 40.2 Å². The lowest BCUT2D eigenvalue weighted by atomic mass is 10.2. The van der Waals surface area contributed by atoms with Gasteiger partial charge in [-0.1, -0.05) is 12.1 Å². The van der Waals surface area contributed by atoms with Crippen LogP contribution in [0.25, 0.3) is 10.9 Å². The molecule has 96 valence electrons. The average molecular weight is 318 g/mol. The van der Waals surface area contributed by atoms with E-state index in [2.05, 4.69) is 31.4 Å². The first-order valence-corrected chi connectivity index (χ1v) is 6.67. The molecule has 0 aliphatic rings. The summed E-state index contributed by atoms with van der Waals surface area (Å²) in [5, 5.41) is 21.2. The lowest BCUT2D eigenvalue weighted by Gasteiger charge is -2.09. The smallest absolute Gasteiger partial charge is 0.134 e. The number of phenolic OH excluding ortho intramolecular Hbond substituents is 1. The molecule has 0 aliphatic heterocycles. The van der Waals surface area contributed by atoms with Gasteiger partial charge in [0.25, 0.3) is 0 Å². The van der Waals surface area contributed by atoms with Crippen molar-refractivity contribution in [1.82, 2.24) is 10.2 Å². The summed E-state index contributed by atoms with van der Waals surface area (Å²) in [6.45, 7) is 0.564. The number of rotatable bonds is 3. The van der Waals surface area contributed by atoms with Crippen LogP contribution in [0.15, 0.2) is 47.1 Å². The molecule has 0 fully saturated rings. The number of H-pyrrole nitrogens is 1. The Kier molecular flexibility index (Phi) is 3.13. The summed E-state index contributed by atoms with van der Waals surface area (Å²) in [7, 11) is 0. The highest BCUT2D eigenvalue weighted by atomic mass is 79.9. The van der Waals surface area contributed by atoms with Crippen molar-refractivity contribution in [3.63, 3.8) is 0 Å². The molecule has 2 aromatic carbocycles. The highest BCUT2D eigenvalue weighted by Crippen LogP contribution is 2.28. The SMILES string of the molecule is Oc1c(Br)cccc1CNc1ccc2[nH]ncc2c1. The van der Waals surface area contributed by atoms with Gasteiger partial charge < -0.3 is 10.4 Å². The predicted molar refractivity (Wildman–Crippen MR) is 79.2 cm³/mol. The van der Waals surface area contributed by atoms with Crippen LogP contribution in [0.4, 0.5) is 5.69 Å². The Morgan fingerprint density at radius 1 is 1.26 bits per heavy atom. The van der Waals surface area contributed by atoms with Crippen molar-refractivity contribution in [3.8, 4) is 5.75 Å². The molecule has 0 aliphatic carbocycles. The summed E-state index contributed by atoms with van der Waals surface area (Å²) in [4.78, 5) is 0. The van der Waals surface area contributed by atoms with Crippen LogP contribution in [-0.4, -0.2) is 15.3 Å². The van der Waals surface area contributed by atoms with E-state index in [1.54, 1.807) is 6.20 Å². The van der Waals surface area contributed by atoms with E-state index in [-0.39, 0.29) is 5.75 Å². The third kappa shape index (κ3) is 2.42. The van der Waals surface area contributed by atoms with Gasteiger partial charge in [-0.3, -0.25) is 5.10 Å². The molecule has 4 nitrogen and oxygen atoms in total. The van der Waals surface area contributed by atoms with Crippen LogP contribution < -0.4 is 5.32 Å². The zero-order valence-electron chi connectivity index (χ0n) is 10.0. The van der Waals surface area contributed by atoms with E-state index in [0.29, 0.717) is 11.0 Å². The molecule has 0 radical (unpaired) electrons. The minimum atomic E-state index is 0.277. The fourth-order valence-electron chi connectivity index (χ4n) is 1.95. The first kappa shape index (κ1) is 12.0. The fraction of sp³-hybridized carbons (Fsp3) is 0.0714. The molecule has 3 rings (SSSR count). The number of aromatic hydroxyl groups is 1. The van der Waals surface area contributed by atoms with Gasteiger partial charge in [-0.15, -0.1) is 0 Å². The standard InChI is InChI=1S/C14H12BrN3O/c15-12-3-1-2-9(14(12)19)7-16-11-4-5-13-10(6-11)8-17-18-13/h1-6,8,16,19H,7H2,(H,17,18). The summed E-state index contributed by atoms with van der Waals surface area (Å²) in [5.41, 5.74) is 2.85. The fourth-order valence-corrected chi connectivity index (χ4v) is 2.36. The van der Waals surface area contributed by atoms with Gasteiger partial charge in [0.2, 0.25) is 0 Å². The van der Waals surface area contributed by atoms with Crippen LogP contribution in [0.2, 0.25) is 0 Å². The van der Waals surface area contributed by atoms with Crippen molar-refractivity contribution < 1.29 is 5.11 Å². The van der Waals surface area contributed by atoms with Crippen molar-refractivity contribution in [2.75, 3.05) is 5.32 Å². The molecule has 1 aromatic heterocycles. The summed E-state index contributed by atoms with van der Waals surface area (Å²) >= 11 is 3.31. The second kappa shape index (κ2) is 4.93. The van der Waals surface area contributed by atoms with E-state index in [1.165, 1.54) is 0 Å². The predicted octanol–water partition coefficient (Wildman–Crippen LogP) is 3.64. The minimum Gasteiger partial charge on any atom is -0.506 e. The Morgan fingerprint density at radius 3 is 3.05 bits per heavy atom. The maximum Gasteiger partial charge on any atom is 0.134 e. The van der Waals surface area contributed by atoms with Crippen LogP contribution >= 0.6 is 15.9 Å². The molecule has 0 spiro atoms. The van der Waals surface area contributed by atoms with Gasteiger partial charge in [0, 0.05) is 23.2 Å². The molecule has 5 heteroatoms. The lowest BCUT2D eigenvalue weighted by Crippen LogP contribution is -1.99. The molecule has 1 heterocycles. The van der Waals surface area contributed by atoms with E-state index >= 15 is 0 Å². The quantitative estimate of drug-likeness (QED) is 0.691. The molecular weight excluding hydrogens is 306 g/mol. The second-order valence-corrected chi connectivity index (χ2v) is 5.13. The summed E-state index contributed by atoms with van der Waals surface area (Å²) in [6, 6.07) is 11.6. The monoisotopic (exact) mass is 317 g/mol. The number of fused-ring (bicyclic) bond motifs is 1. The van der Waals surface area contributed by atoms with Gasteiger partial charge >= 0.3 is 0 Å². The van der Waals surface area contributed by atoms with Gasteiger partial charge in [-0.25, -0.2) is 0 Å². The summed E-state index contributed by atoms with van der Waals surface area (Å²) in [6.07, 6.45) is 1.79. The maximum absolute atomic E-state index is 9.91. The Labute approximate surface area is 118 Å². The highest BCUT2D eigenvalue weighted by Gasteiger charge is 2.04. The van der Waals surface area contributed by atoms with Crippen LogP contribution in [0.1, 0.15) is 5.56 Å². The van der Waals surface area contributed by atoms with Crippen molar-refractivity contribution in [3.05, 3.63) is 52.6 Å². The Morgan fingerprint density at radius 2 is 2.16 bits per heavy atom. The molecule has 3 aromatic rings. The van der Waals surface area contributed by atoms with Crippen LogP contribution in [0.5, 0.6) is 5.75 Å². The molecule has 0 atom stereocenters. The van der Waals surface area contributed by atoms with E-state index in [0.717, 1.165) is 22.2 Å². The molecule has 0 unspecified atom stereocenters. The molecular formula is C14H12BrN3O. The topological polar surface area (TPSA) is 60.9 Å². The highest BCUT2D eigenvalue weighted by molar-refractivity contribution is 9.10. The number of benzene rings is 2. The molecule has 0 bridgehead atoms. The maximum atomic E-state index is 9.91. The number of nitrogens with zero attached hydrogens (tertiary/aromatic N) is 1. The molecule has 0 amide bonds. The van der Waals surface area contributed by atoms with E-state index < -0.39 is 0 Å². The van der Waals surface area contributed by atoms with Crippen LogP contribution in [-0.2, 0) is 6.54 Å². The Balaban J connectivity index is 1.80. The summed E-state index contributed by atoms with van der Waals surface area (Å²) < 4.78 is 0.706. The average Bonchev–Trinajstić information content (AvgIpc) is 2.88. The van der Waals surface area contributed by atoms with Gasteiger partial charge in [-0.2, -0.15) is 5.10 Å². The minimum absolute atomic E-state index is 0.277. The van der Waals surface area contributed by atoms with Crippen LogP contribution in [0, 0.1) is 0 Å². The van der Waals surface area contributed by atoms with Crippen LogP contribution in [0.3, 0.4) is 0 Å². The lowest BCUT2D eigenvalue weighted by molar-refractivity contribution is 0.465. The zero-order chi connectivity index (χ0) is 13.2. The van der Waals surface area contributed by atoms with Crippen molar-refractivity contribution >= 4 is 32.5 Å². The van der Waals surface area contributed by atoms with Gasteiger partial charge in [0.05, 0.1) is 16.2 Å². The number of nitrogens with one attached hydrogen (secondary N) is 2. The molecule has 3 N–H and O–H groups in total. The number of hydrogen-bond acceptors (Lipinski definition) is 3. The van der Waals surface area contributed by atoms with Gasteiger partial charge in [0.15, 0.2) is 0 Å². The number of hydrogen-bond donors (Lipinski definition) is 3. The Hall–Kier alpha value is -2.01. The molecule has 19 heavy (non-hydrogen) atoms. The zero-order valence-corrected chi connectivity index (χ0v) is 11.6. The number of halogens is 1. The Bertz CT molecular complexity index is 724. The first-order valence-electron chi connectivity index (χ1n) is 5.87. The first-order chi connectivity index (χ1) is 9.24. The normalized spacial score (nSPS) is 10.8. The third-order valence-electron chi connectivity index (χ3n) is 2.99. The van der Waals surface area contributed by atoms with Gasteiger partial charge in [0.1, 0.15) is 5.75 Å². The number of anilines is 1. The second-order valence-electron chi connectivity index (χ2n) is 4.27. The van der Waals surface area contributed by atoms with Crippen molar-refractivity contribution in [2.24, 2.45) is 0 Å². The summed E-state index contributed by atoms with van der Waals surface area (Å²) in [5.74, 6) is 0.277. The number of phenols is 1. The van der Waals surface area contributed by atoms with Crippen molar-refractivity contribution in [2.45, 2.75) is 6.54 Å². The third-order valence-corrected chi connectivity index (χ3v) is 3.63.